The summed E-state index contributed by atoms with van der Waals surface area (Å²) in [6.07, 6.45) is 5.22. The quantitative estimate of drug-likeness (QED) is 0.439. The number of hydrogen-bond donors (Lipinski definition) is 2. The van der Waals surface area contributed by atoms with E-state index in [1.54, 1.807) is 0 Å². The van der Waals surface area contributed by atoms with Gasteiger partial charge >= 0.3 is 11.9 Å². The molecule has 2 N–H and O–H groups in total. The summed E-state index contributed by atoms with van der Waals surface area (Å²) in [7, 11) is 0. The maximum Gasteiger partial charge on any atom is 0.323 e. The number of amides is 1. The van der Waals surface area contributed by atoms with E-state index in [1.165, 1.54) is 4.90 Å². The zero-order valence-corrected chi connectivity index (χ0v) is 11.0. The third-order valence-electron chi connectivity index (χ3n) is 2.63. The predicted molar refractivity (Wildman–Crippen MR) is 69.8 cm³/mol. The molecular formula is C13H21NO5. The molecule has 0 aliphatic carbocycles. The third kappa shape index (κ3) is 9.82. The van der Waals surface area contributed by atoms with Crippen molar-refractivity contribution in [1.29, 1.82) is 0 Å². The smallest absolute Gasteiger partial charge is 0.323 e. The Kier molecular flexibility index (Phi) is 9.12. The highest BCUT2D eigenvalue weighted by atomic mass is 16.4. The van der Waals surface area contributed by atoms with Gasteiger partial charge in [0, 0.05) is 13.0 Å². The van der Waals surface area contributed by atoms with Crippen LogP contribution >= 0.6 is 0 Å². The molecule has 0 aliphatic heterocycles. The summed E-state index contributed by atoms with van der Waals surface area (Å²) in [4.78, 5) is 33.5. The second kappa shape index (κ2) is 10.1. The molecule has 0 aromatic carbocycles. The van der Waals surface area contributed by atoms with Crippen molar-refractivity contribution in [1.82, 2.24) is 4.90 Å². The molecule has 19 heavy (non-hydrogen) atoms. The van der Waals surface area contributed by atoms with Crippen LogP contribution in [0.15, 0.2) is 12.7 Å². The molecule has 1 amide bonds. The summed E-state index contributed by atoms with van der Waals surface area (Å²) in [6, 6.07) is 0. The van der Waals surface area contributed by atoms with Crippen LogP contribution in [0.4, 0.5) is 0 Å². The van der Waals surface area contributed by atoms with Crippen molar-refractivity contribution >= 4 is 17.8 Å². The lowest BCUT2D eigenvalue weighted by molar-refractivity contribution is -0.142. The highest BCUT2D eigenvalue weighted by Gasteiger charge is 2.13. The summed E-state index contributed by atoms with van der Waals surface area (Å²) in [6.45, 7) is 3.40. The summed E-state index contributed by atoms with van der Waals surface area (Å²) in [5.74, 6) is -2.21. The van der Waals surface area contributed by atoms with Crippen LogP contribution in [0.3, 0.4) is 0 Å². The first kappa shape index (κ1) is 17.2. The van der Waals surface area contributed by atoms with Gasteiger partial charge in [0.15, 0.2) is 0 Å². The largest absolute Gasteiger partial charge is 0.481 e. The van der Waals surface area contributed by atoms with Crippen LogP contribution in [0.2, 0.25) is 0 Å². The number of aliphatic carboxylic acids is 2. The van der Waals surface area contributed by atoms with Crippen LogP contribution in [0.1, 0.15) is 38.5 Å². The number of nitrogens with zero attached hydrogens (tertiary/aromatic N) is 1. The van der Waals surface area contributed by atoms with Gasteiger partial charge in [0.2, 0.25) is 5.91 Å². The van der Waals surface area contributed by atoms with Gasteiger partial charge in [0.1, 0.15) is 6.54 Å². The van der Waals surface area contributed by atoms with Gasteiger partial charge in [0.25, 0.3) is 0 Å². The van der Waals surface area contributed by atoms with E-state index >= 15 is 0 Å². The number of carboxylic acid groups (broad SMARTS) is 2. The van der Waals surface area contributed by atoms with Crippen molar-refractivity contribution in [2.24, 2.45) is 0 Å². The molecule has 0 heterocycles. The van der Waals surface area contributed by atoms with E-state index in [0.717, 1.165) is 25.3 Å². The molecule has 0 rings (SSSR count). The highest BCUT2D eigenvalue weighted by molar-refractivity contribution is 5.89. The number of carbonyl (C=O) groups excluding carboxylic acids is 1. The monoisotopic (exact) mass is 271 g/mol. The molecule has 0 fully saturated rings. The normalized spacial score (nSPS) is 9.89. The van der Waals surface area contributed by atoms with Gasteiger partial charge in [-0.1, -0.05) is 25.8 Å². The van der Waals surface area contributed by atoms with E-state index in [9.17, 15) is 14.4 Å². The van der Waals surface area contributed by atoms with Gasteiger partial charge in [0.05, 0.1) is 0 Å². The van der Waals surface area contributed by atoms with Crippen molar-refractivity contribution in [3.05, 3.63) is 12.7 Å². The molecule has 0 atom stereocenters. The molecule has 0 aliphatic rings. The number of rotatable bonds is 11. The van der Waals surface area contributed by atoms with Crippen LogP contribution in [-0.2, 0) is 14.4 Å². The van der Waals surface area contributed by atoms with Crippen molar-refractivity contribution in [2.75, 3.05) is 13.1 Å². The van der Waals surface area contributed by atoms with Crippen LogP contribution in [0, 0.1) is 0 Å². The molecule has 0 saturated heterocycles. The van der Waals surface area contributed by atoms with Gasteiger partial charge in [-0.05, 0) is 18.9 Å². The van der Waals surface area contributed by atoms with Crippen molar-refractivity contribution in [3.8, 4) is 0 Å². The summed E-state index contributed by atoms with van der Waals surface area (Å²) >= 11 is 0. The number of carbonyl (C=O) groups is 3. The Morgan fingerprint density at radius 1 is 0.947 bits per heavy atom. The van der Waals surface area contributed by atoms with E-state index in [-0.39, 0.29) is 18.9 Å². The molecular weight excluding hydrogens is 250 g/mol. The Balaban J connectivity index is 3.75. The van der Waals surface area contributed by atoms with Crippen LogP contribution < -0.4 is 0 Å². The molecule has 0 aromatic heterocycles. The Morgan fingerprint density at radius 3 is 2.05 bits per heavy atom. The summed E-state index contributed by atoms with van der Waals surface area (Å²) in [5.41, 5.74) is 0. The Hall–Kier alpha value is -1.85. The lowest BCUT2D eigenvalue weighted by Gasteiger charge is -2.18. The molecule has 6 nitrogen and oxygen atoms in total. The van der Waals surface area contributed by atoms with Crippen molar-refractivity contribution in [3.63, 3.8) is 0 Å². The summed E-state index contributed by atoms with van der Waals surface area (Å²) < 4.78 is 0. The fourth-order valence-corrected chi connectivity index (χ4v) is 1.67. The van der Waals surface area contributed by atoms with E-state index in [2.05, 4.69) is 6.58 Å². The van der Waals surface area contributed by atoms with Gasteiger partial charge in [-0.25, -0.2) is 0 Å². The fraction of sp³-hybridized carbons (Fsp3) is 0.615. The Labute approximate surface area is 112 Å². The van der Waals surface area contributed by atoms with Crippen LogP contribution in [-0.4, -0.2) is 46.0 Å². The topological polar surface area (TPSA) is 94.9 Å². The summed E-state index contributed by atoms with van der Waals surface area (Å²) in [5, 5.41) is 17.1. The molecule has 0 spiro atoms. The average molecular weight is 271 g/mol. The van der Waals surface area contributed by atoms with Crippen LogP contribution in [0.25, 0.3) is 0 Å². The number of hydrogen-bond acceptors (Lipinski definition) is 3. The second-order valence-electron chi connectivity index (χ2n) is 4.27. The number of carboxylic acids is 2. The molecule has 0 bridgehead atoms. The van der Waals surface area contributed by atoms with Gasteiger partial charge in [-0.15, -0.1) is 0 Å². The first-order valence-electron chi connectivity index (χ1n) is 6.32. The van der Waals surface area contributed by atoms with Crippen molar-refractivity contribution in [2.45, 2.75) is 38.5 Å². The maximum absolute atomic E-state index is 11.4. The number of unbranched alkanes of at least 4 members (excludes halogenated alkanes) is 4. The van der Waals surface area contributed by atoms with Crippen LogP contribution in [0.5, 0.6) is 0 Å². The zero-order chi connectivity index (χ0) is 14.7. The Bertz CT molecular complexity index is 327. The van der Waals surface area contributed by atoms with E-state index < -0.39 is 11.9 Å². The van der Waals surface area contributed by atoms with E-state index in [0.29, 0.717) is 19.4 Å². The highest BCUT2D eigenvalue weighted by Crippen LogP contribution is 2.06. The molecule has 108 valence electrons. The van der Waals surface area contributed by atoms with Gasteiger partial charge in [-0.2, -0.15) is 0 Å². The van der Waals surface area contributed by atoms with E-state index in [4.69, 9.17) is 10.2 Å². The molecule has 0 unspecified atom stereocenters. The lowest BCUT2D eigenvalue weighted by atomic mass is 10.1. The molecule has 6 heteroatoms. The average Bonchev–Trinajstić information content (AvgIpc) is 2.34. The lowest BCUT2D eigenvalue weighted by Crippen LogP contribution is -2.35. The zero-order valence-electron chi connectivity index (χ0n) is 11.0. The SMILES string of the molecule is C=CC(=O)N(CCCCCCCC(=O)O)CC(=O)O. The maximum atomic E-state index is 11.4. The first-order valence-corrected chi connectivity index (χ1v) is 6.32. The minimum Gasteiger partial charge on any atom is -0.481 e. The van der Waals surface area contributed by atoms with Gasteiger partial charge in [-0.3, -0.25) is 14.4 Å². The van der Waals surface area contributed by atoms with E-state index in [1.807, 2.05) is 0 Å². The molecule has 0 aromatic rings. The molecule has 0 saturated carbocycles. The fourth-order valence-electron chi connectivity index (χ4n) is 1.67. The van der Waals surface area contributed by atoms with Gasteiger partial charge < -0.3 is 15.1 Å². The predicted octanol–water partition coefficient (Wildman–Crippen LogP) is 1.51. The molecule has 0 radical (unpaired) electrons. The minimum absolute atomic E-state index is 0.181. The third-order valence-corrected chi connectivity index (χ3v) is 2.63. The standard InChI is InChI=1S/C13H21NO5/c1-2-11(15)14(10-13(18)19)9-7-5-3-4-6-8-12(16)17/h2H,1,3-10H2,(H,16,17)(H,18,19). The first-order chi connectivity index (χ1) is 8.97. The second-order valence-corrected chi connectivity index (χ2v) is 4.27. The van der Waals surface area contributed by atoms with Crippen molar-refractivity contribution < 1.29 is 24.6 Å². The Morgan fingerprint density at radius 2 is 1.53 bits per heavy atom. The minimum atomic E-state index is -1.04.